The lowest BCUT2D eigenvalue weighted by molar-refractivity contribution is -0.116. The number of aryl methyl sites for hydroxylation is 1. The van der Waals surface area contributed by atoms with E-state index < -0.39 is 27.9 Å². The monoisotopic (exact) mass is 458 g/mol. The molecule has 156 valence electrons. The first-order chi connectivity index (χ1) is 13.5. The van der Waals surface area contributed by atoms with Crippen molar-refractivity contribution < 1.29 is 22.7 Å². The summed E-state index contributed by atoms with van der Waals surface area (Å²) in [4.78, 5) is 24.6. The molecule has 1 N–H and O–H groups in total. The van der Waals surface area contributed by atoms with E-state index in [1.54, 1.807) is 19.1 Å². The second-order valence-corrected chi connectivity index (χ2v) is 9.04. The highest BCUT2D eigenvalue weighted by Gasteiger charge is 2.30. The second kappa shape index (κ2) is 9.02. The van der Waals surface area contributed by atoms with Crippen LogP contribution in [0.1, 0.15) is 22.8 Å². The molecule has 0 saturated carbocycles. The molecule has 0 aliphatic heterocycles. The summed E-state index contributed by atoms with van der Waals surface area (Å²) in [7, 11) is -2.59. The van der Waals surface area contributed by atoms with Crippen LogP contribution in [0.25, 0.3) is 0 Å². The van der Waals surface area contributed by atoms with Gasteiger partial charge in [0.25, 0.3) is 0 Å². The standard InChI is InChI=1S/C19H20Cl2N2O5S/c1-11-5-7-14(20)10-17(11)23(29(4,26)27)12(2)18(24)22-16-9-13(19(25)28-3)6-8-15(16)21/h5-10,12H,1-4H3,(H,22,24)/t12-/m1/s1. The molecule has 29 heavy (non-hydrogen) atoms. The summed E-state index contributed by atoms with van der Waals surface area (Å²) in [6.45, 7) is 3.15. The first-order valence-corrected chi connectivity index (χ1v) is 11.0. The third-order valence-electron chi connectivity index (χ3n) is 4.14. The van der Waals surface area contributed by atoms with Crippen molar-refractivity contribution in [1.29, 1.82) is 0 Å². The SMILES string of the molecule is COC(=O)c1ccc(Cl)c(NC(=O)[C@@H](C)N(c2cc(Cl)ccc2C)S(C)(=O)=O)c1. The number of carbonyl (C=O) groups excluding carboxylic acids is 2. The molecule has 2 rings (SSSR count). The van der Waals surface area contributed by atoms with E-state index in [2.05, 4.69) is 10.1 Å². The molecule has 2 aromatic rings. The number of nitrogens with zero attached hydrogens (tertiary/aromatic N) is 1. The van der Waals surface area contributed by atoms with Gasteiger partial charge in [0.05, 0.1) is 35.3 Å². The van der Waals surface area contributed by atoms with E-state index in [0.717, 1.165) is 10.6 Å². The Balaban J connectivity index is 2.41. The van der Waals surface area contributed by atoms with Crippen LogP contribution >= 0.6 is 23.2 Å². The average Bonchev–Trinajstić information content (AvgIpc) is 2.64. The van der Waals surface area contributed by atoms with Gasteiger partial charge in [0.1, 0.15) is 6.04 Å². The lowest BCUT2D eigenvalue weighted by Gasteiger charge is -2.29. The third-order valence-corrected chi connectivity index (χ3v) is 5.93. The maximum atomic E-state index is 12.8. The Morgan fingerprint density at radius 3 is 2.38 bits per heavy atom. The van der Waals surface area contributed by atoms with Crippen molar-refractivity contribution in [3.8, 4) is 0 Å². The minimum atomic E-state index is -3.82. The number of hydrogen-bond donors (Lipinski definition) is 1. The summed E-state index contributed by atoms with van der Waals surface area (Å²) < 4.78 is 30.6. The van der Waals surface area contributed by atoms with Gasteiger partial charge in [-0.1, -0.05) is 29.3 Å². The Hall–Kier alpha value is -2.29. The number of halogens is 2. The van der Waals surface area contributed by atoms with Crippen molar-refractivity contribution in [2.45, 2.75) is 19.9 Å². The predicted molar refractivity (Wildman–Crippen MR) is 114 cm³/mol. The van der Waals surface area contributed by atoms with Gasteiger partial charge in [0.2, 0.25) is 15.9 Å². The highest BCUT2D eigenvalue weighted by atomic mass is 35.5. The molecule has 2 aromatic carbocycles. The van der Waals surface area contributed by atoms with Crippen LogP contribution in [0.3, 0.4) is 0 Å². The Labute approximate surface area is 179 Å². The van der Waals surface area contributed by atoms with Crippen LogP contribution in [0.4, 0.5) is 11.4 Å². The summed E-state index contributed by atoms with van der Waals surface area (Å²) in [5, 5.41) is 3.09. The fraction of sp³-hybridized carbons (Fsp3) is 0.263. The maximum Gasteiger partial charge on any atom is 0.337 e. The molecule has 0 aliphatic rings. The van der Waals surface area contributed by atoms with Gasteiger partial charge in [-0.15, -0.1) is 0 Å². The zero-order valence-corrected chi connectivity index (χ0v) is 18.5. The average molecular weight is 459 g/mol. The molecule has 0 spiro atoms. The highest BCUT2D eigenvalue weighted by Crippen LogP contribution is 2.29. The number of esters is 1. The molecule has 1 amide bonds. The van der Waals surface area contributed by atoms with Gasteiger partial charge >= 0.3 is 5.97 Å². The molecule has 0 unspecified atom stereocenters. The van der Waals surface area contributed by atoms with Crippen LogP contribution in [-0.2, 0) is 19.6 Å². The van der Waals surface area contributed by atoms with Gasteiger partial charge < -0.3 is 10.1 Å². The fourth-order valence-electron chi connectivity index (χ4n) is 2.70. The normalized spacial score (nSPS) is 12.2. The summed E-state index contributed by atoms with van der Waals surface area (Å²) in [5.41, 5.74) is 1.26. The summed E-state index contributed by atoms with van der Waals surface area (Å²) in [6.07, 6.45) is 1.00. The van der Waals surface area contributed by atoms with Crippen molar-refractivity contribution in [2.24, 2.45) is 0 Å². The molecule has 0 radical (unpaired) electrons. The van der Waals surface area contributed by atoms with Gasteiger partial charge in [-0.05, 0) is 49.7 Å². The van der Waals surface area contributed by atoms with Gasteiger partial charge in [0.15, 0.2) is 0 Å². The molecule has 0 aromatic heterocycles. The number of benzene rings is 2. The Morgan fingerprint density at radius 1 is 1.14 bits per heavy atom. The van der Waals surface area contributed by atoms with E-state index in [9.17, 15) is 18.0 Å². The number of nitrogens with one attached hydrogen (secondary N) is 1. The van der Waals surface area contributed by atoms with Crippen molar-refractivity contribution in [3.05, 3.63) is 57.6 Å². The molecule has 0 aliphatic carbocycles. The molecule has 7 nitrogen and oxygen atoms in total. The van der Waals surface area contributed by atoms with Crippen molar-refractivity contribution >= 4 is 56.5 Å². The molecule has 1 atom stereocenters. The van der Waals surface area contributed by atoms with Gasteiger partial charge in [0, 0.05) is 5.02 Å². The van der Waals surface area contributed by atoms with Crippen LogP contribution in [-0.4, -0.2) is 39.7 Å². The molecule has 0 fully saturated rings. The quantitative estimate of drug-likeness (QED) is 0.662. The van der Waals surface area contributed by atoms with E-state index in [0.29, 0.717) is 10.6 Å². The smallest absolute Gasteiger partial charge is 0.337 e. The van der Waals surface area contributed by atoms with Crippen LogP contribution in [0.15, 0.2) is 36.4 Å². The molecular formula is C19H20Cl2N2O5S. The number of carbonyl (C=O) groups is 2. The minimum absolute atomic E-state index is 0.155. The van der Waals surface area contributed by atoms with E-state index in [-0.39, 0.29) is 22.0 Å². The number of ether oxygens (including phenoxy) is 1. The second-order valence-electron chi connectivity index (χ2n) is 6.34. The molecule has 0 bridgehead atoms. The van der Waals surface area contributed by atoms with Crippen molar-refractivity contribution in [1.82, 2.24) is 0 Å². The summed E-state index contributed by atoms with van der Waals surface area (Å²) in [5.74, 6) is -1.24. The summed E-state index contributed by atoms with van der Waals surface area (Å²) >= 11 is 12.1. The topological polar surface area (TPSA) is 92.8 Å². The Kier molecular flexibility index (Phi) is 7.15. The van der Waals surface area contributed by atoms with E-state index in [1.807, 2.05) is 0 Å². The van der Waals surface area contributed by atoms with Crippen molar-refractivity contribution in [2.75, 3.05) is 23.0 Å². The molecule has 0 saturated heterocycles. The minimum Gasteiger partial charge on any atom is -0.465 e. The predicted octanol–water partition coefficient (Wildman–Crippen LogP) is 3.88. The zero-order valence-electron chi connectivity index (χ0n) is 16.2. The van der Waals surface area contributed by atoms with E-state index in [1.165, 1.54) is 38.3 Å². The Morgan fingerprint density at radius 2 is 1.79 bits per heavy atom. The number of sulfonamides is 1. The number of methoxy groups -OCH3 is 1. The molecular weight excluding hydrogens is 439 g/mol. The van der Waals surface area contributed by atoms with Crippen LogP contribution in [0.5, 0.6) is 0 Å². The lowest BCUT2D eigenvalue weighted by atomic mass is 10.1. The van der Waals surface area contributed by atoms with Gasteiger partial charge in [-0.25, -0.2) is 13.2 Å². The number of hydrogen-bond acceptors (Lipinski definition) is 5. The van der Waals surface area contributed by atoms with Crippen LogP contribution in [0, 0.1) is 6.92 Å². The number of rotatable bonds is 6. The third kappa shape index (κ3) is 5.41. The van der Waals surface area contributed by atoms with E-state index >= 15 is 0 Å². The van der Waals surface area contributed by atoms with Crippen LogP contribution < -0.4 is 9.62 Å². The van der Waals surface area contributed by atoms with E-state index in [4.69, 9.17) is 23.2 Å². The highest BCUT2D eigenvalue weighted by molar-refractivity contribution is 7.92. The molecule has 10 heteroatoms. The zero-order chi connectivity index (χ0) is 21.9. The fourth-order valence-corrected chi connectivity index (χ4v) is 4.26. The lowest BCUT2D eigenvalue weighted by Crippen LogP contribution is -2.45. The first-order valence-electron chi connectivity index (χ1n) is 8.40. The van der Waals surface area contributed by atoms with Gasteiger partial charge in [-0.3, -0.25) is 9.10 Å². The van der Waals surface area contributed by atoms with Crippen LogP contribution in [0.2, 0.25) is 10.0 Å². The largest absolute Gasteiger partial charge is 0.465 e. The maximum absolute atomic E-state index is 12.8. The first kappa shape index (κ1) is 23.0. The van der Waals surface area contributed by atoms with Crippen molar-refractivity contribution in [3.63, 3.8) is 0 Å². The van der Waals surface area contributed by atoms with Gasteiger partial charge in [-0.2, -0.15) is 0 Å². The summed E-state index contributed by atoms with van der Waals surface area (Å²) in [6, 6.07) is 7.89. The number of amides is 1. The Bertz CT molecular complexity index is 1060. The molecule has 0 heterocycles. The number of anilines is 2.